The van der Waals surface area contributed by atoms with Crippen LogP contribution in [0, 0.1) is 11.6 Å². The van der Waals surface area contributed by atoms with Crippen molar-refractivity contribution in [2.24, 2.45) is 0 Å². The zero-order valence-electron chi connectivity index (χ0n) is 16.2. The third-order valence-electron chi connectivity index (χ3n) is 5.67. The first-order valence-corrected chi connectivity index (χ1v) is 10.4. The lowest BCUT2D eigenvalue weighted by molar-refractivity contribution is -0.0458. The third kappa shape index (κ3) is 3.27. The Morgan fingerprint density at radius 2 is 1.47 bits per heavy atom. The first kappa shape index (κ1) is 19.2. The number of rotatable bonds is 3. The molecule has 2 heterocycles. The van der Waals surface area contributed by atoms with Crippen molar-refractivity contribution in [2.45, 2.75) is 25.0 Å². The van der Waals surface area contributed by atoms with Gasteiger partial charge in [-0.2, -0.15) is 0 Å². The lowest BCUT2D eigenvalue weighted by atomic mass is 9.97. The fourth-order valence-electron chi connectivity index (χ4n) is 4.15. The molecule has 3 aromatic rings. The standard InChI is InChI=1S/C24H20ClF2NO2/c25-21-14-18(27)8-10-20(21)24(16-4-6-17(26)7-5-16)29-22-11-9-19(15-23(22)30-24)28-12-2-1-3-13-28/h4-11,14-15H,1-3,12-13H2. The zero-order valence-corrected chi connectivity index (χ0v) is 17.0. The maximum absolute atomic E-state index is 13.7. The van der Waals surface area contributed by atoms with Gasteiger partial charge in [-0.25, -0.2) is 8.78 Å². The molecule has 2 aliphatic rings. The summed E-state index contributed by atoms with van der Waals surface area (Å²) in [5.41, 5.74) is 2.08. The van der Waals surface area contributed by atoms with Gasteiger partial charge in [-0.05, 0) is 73.9 Å². The fraction of sp³-hybridized carbons (Fsp3) is 0.250. The molecule has 0 saturated carbocycles. The van der Waals surface area contributed by atoms with Gasteiger partial charge in [-0.1, -0.05) is 11.6 Å². The average Bonchev–Trinajstić information content (AvgIpc) is 3.14. The van der Waals surface area contributed by atoms with Gasteiger partial charge in [0.25, 0.3) is 0 Å². The van der Waals surface area contributed by atoms with E-state index >= 15 is 0 Å². The van der Waals surface area contributed by atoms with E-state index in [9.17, 15) is 8.78 Å². The quantitative estimate of drug-likeness (QED) is 0.491. The molecule has 154 valence electrons. The highest BCUT2D eigenvalue weighted by Gasteiger charge is 2.47. The Bertz CT molecular complexity index is 1080. The maximum atomic E-state index is 13.7. The second kappa shape index (κ2) is 7.47. The molecule has 0 aromatic heterocycles. The lowest BCUT2D eigenvalue weighted by Gasteiger charge is -2.29. The van der Waals surface area contributed by atoms with Crippen LogP contribution in [0.1, 0.15) is 30.4 Å². The molecule has 0 radical (unpaired) electrons. The van der Waals surface area contributed by atoms with Gasteiger partial charge in [0, 0.05) is 30.4 Å². The van der Waals surface area contributed by atoms with Gasteiger partial charge in [0.05, 0.1) is 10.6 Å². The summed E-state index contributed by atoms with van der Waals surface area (Å²) in [5, 5.41) is 0.170. The molecule has 2 aliphatic heterocycles. The highest BCUT2D eigenvalue weighted by molar-refractivity contribution is 6.31. The Labute approximate surface area is 178 Å². The molecule has 3 nitrogen and oxygen atoms in total. The highest BCUT2D eigenvalue weighted by Crippen LogP contribution is 2.50. The molecular weight excluding hydrogens is 408 g/mol. The lowest BCUT2D eigenvalue weighted by Crippen LogP contribution is -2.37. The molecule has 30 heavy (non-hydrogen) atoms. The van der Waals surface area contributed by atoms with Gasteiger partial charge in [0.15, 0.2) is 11.5 Å². The van der Waals surface area contributed by atoms with E-state index in [4.69, 9.17) is 21.1 Å². The van der Waals surface area contributed by atoms with Crippen molar-refractivity contribution >= 4 is 17.3 Å². The van der Waals surface area contributed by atoms with Crippen molar-refractivity contribution < 1.29 is 18.3 Å². The summed E-state index contributed by atoms with van der Waals surface area (Å²) in [6, 6.07) is 15.8. The number of piperidine rings is 1. The van der Waals surface area contributed by atoms with Crippen LogP contribution < -0.4 is 14.4 Å². The number of ether oxygens (including phenoxy) is 2. The number of nitrogens with zero attached hydrogens (tertiary/aromatic N) is 1. The van der Waals surface area contributed by atoms with E-state index in [1.165, 1.54) is 43.5 Å². The van der Waals surface area contributed by atoms with Crippen LogP contribution in [-0.4, -0.2) is 13.1 Å². The zero-order chi connectivity index (χ0) is 20.7. The minimum atomic E-state index is -1.43. The number of halogens is 3. The van der Waals surface area contributed by atoms with Crippen LogP contribution in [0.3, 0.4) is 0 Å². The van der Waals surface area contributed by atoms with Crippen LogP contribution in [0.25, 0.3) is 0 Å². The van der Waals surface area contributed by atoms with E-state index in [0.29, 0.717) is 22.6 Å². The molecule has 0 spiro atoms. The van der Waals surface area contributed by atoms with Crippen molar-refractivity contribution in [3.05, 3.63) is 88.4 Å². The highest BCUT2D eigenvalue weighted by atomic mass is 35.5. The molecule has 6 heteroatoms. The molecule has 0 bridgehead atoms. The van der Waals surface area contributed by atoms with Crippen LogP contribution in [0.4, 0.5) is 14.5 Å². The van der Waals surface area contributed by atoms with E-state index < -0.39 is 11.6 Å². The summed E-state index contributed by atoms with van der Waals surface area (Å²) in [6.07, 6.45) is 3.58. The topological polar surface area (TPSA) is 21.7 Å². The summed E-state index contributed by atoms with van der Waals surface area (Å²) in [5.74, 6) is -1.13. The van der Waals surface area contributed by atoms with Gasteiger partial charge in [-0.15, -0.1) is 0 Å². The Morgan fingerprint density at radius 3 is 2.20 bits per heavy atom. The molecule has 1 unspecified atom stereocenters. The van der Waals surface area contributed by atoms with E-state index in [-0.39, 0.29) is 10.8 Å². The van der Waals surface area contributed by atoms with Gasteiger partial charge in [0.2, 0.25) is 0 Å². The Morgan fingerprint density at radius 1 is 0.767 bits per heavy atom. The van der Waals surface area contributed by atoms with Gasteiger partial charge in [0.1, 0.15) is 11.6 Å². The number of fused-ring (bicyclic) bond motifs is 1. The molecule has 1 atom stereocenters. The van der Waals surface area contributed by atoms with Crippen molar-refractivity contribution in [3.8, 4) is 11.5 Å². The fourth-order valence-corrected chi connectivity index (χ4v) is 4.44. The molecule has 0 N–H and O–H groups in total. The largest absolute Gasteiger partial charge is 0.440 e. The molecule has 0 aliphatic carbocycles. The summed E-state index contributed by atoms with van der Waals surface area (Å²) >= 11 is 6.39. The van der Waals surface area contributed by atoms with Crippen molar-refractivity contribution in [3.63, 3.8) is 0 Å². The Kier molecular flexibility index (Phi) is 4.78. The second-order valence-electron chi connectivity index (χ2n) is 7.63. The van der Waals surface area contributed by atoms with E-state index in [2.05, 4.69) is 4.90 Å². The van der Waals surface area contributed by atoms with E-state index in [1.807, 2.05) is 18.2 Å². The number of anilines is 1. The SMILES string of the molecule is Fc1ccc(C2(c3ccc(F)cc3Cl)Oc3ccc(N4CCCCC4)cc3O2)cc1. The molecule has 0 amide bonds. The summed E-state index contributed by atoms with van der Waals surface area (Å²) < 4.78 is 40.0. The van der Waals surface area contributed by atoms with Crippen LogP contribution in [-0.2, 0) is 5.79 Å². The van der Waals surface area contributed by atoms with Crippen LogP contribution in [0.5, 0.6) is 11.5 Å². The number of benzene rings is 3. The van der Waals surface area contributed by atoms with Crippen LogP contribution in [0.15, 0.2) is 60.7 Å². The van der Waals surface area contributed by atoms with Gasteiger partial charge in [-0.3, -0.25) is 0 Å². The number of hydrogen-bond acceptors (Lipinski definition) is 3. The average molecular weight is 428 g/mol. The summed E-state index contributed by atoms with van der Waals surface area (Å²) in [7, 11) is 0. The van der Waals surface area contributed by atoms with Crippen molar-refractivity contribution in [2.75, 3.05) is 18.0 Å². The summed E-state index contributed by atoms with van der Waals surface area (Å²) in [6.45, 7) is 2.01. The molecule has 1 saturated heterocycles. The maximum Gasteiger partial charge on any atom is 0.307 e. The first-order valence-electron chi connectivity index (χ1n) is 10.0. The Hall–Kier alpha value is -2.79. The predicted octanol–water partition coefficient (Wildman–Crippen LogP) is 6.28. The predicted molar refractivity (Wildman–Crippen MR) is 112 cm³/mol. The van der Waals surface area contributed by atoms with E-state index in [1.54, 1.807) is 18.2 Å². The van der Waals surface area contributed by atoms with Crippen molar-refractivity contribution in [1.29, 1.82) is 0 Å². The smallest absolute Gasteiger partial charge is 0.307 e. The third-order valence-corrected chi connectivity index (χ3v) is 5.98. The van der Waals surface area contributed by atoms with Crippen LogP contribution in [0.2, 0.25) is 5.02 Å². The minimum absolute atomic E-state index is 0.170. The normalized spacial score (nSPS) is 20.4. The molecule has 1 fully saturated rings. The monoisotopic (exact) mass is 427 g/mol. The molecule has 3 aromatic carbocycles. The second-order valence-corrected chi connectivity index (χ2v) is 8.04. The first-order chi connectivity index (χ1) is 14.5. The van der Waals surface area contributed by atoms with Gasteiger partial charge < -0.3 is 14.4 Å². The van der Waals surface area contributed by atoms with Crippen LogP contribution >= 0.6 is 11.6 Å². The minimum Gasteiger partial charge on any atom is -0.440 e. The van der Waals surface area contributed by atoms with Gasteiger partial charge >= 0.3 is 5.79 Å². The summed E-state index contributed by atoms with van der Waals surface area (Å²) in [4.78, 5) is 2.33. The number of hydrogen-bond donors (Lipinski definition) is 0. The van der Waals surface area contributed by atoms with E-state index in [0.717, 1.165) is 18.8 Å². The molecular formula is C24H20ClF2NO2. The van der Waals surface area contributed by atoms with Crippen molar-refractivity contribution in [1.82, 2.24) is 0 Å². The molecule has 5 rings (SSSR count). The Balaban J connectivity index is 1.59.